The third kappa shape index (κ3) is 3.35. The number of amides is 1. The van der Waals surface area contributed by atoms with Crippen molar-refractivity contribution in [2.75, 3.05) is 12.1 Å². The number of nitrogens with zero attached hydrogens (tertiary/aromatic N) is 3. The van der Waals surface area contributed by atoms with E-state index in [1.54, 1.807) is 32.2 Å². The standard InChI is InChI=1S/C16H15ClN4O/c1-10-5-4-6-12(7-10)16(22)20-21(3)14-8-11(2)13(9-18)15(17)19-14/h4-8H,1-3H3,(H,20,22). The second-order valence-electron chi connectivity index (χ2n) is 4.94. The molecule has 2 aromatic rings. The molecule has 1 N–H and O–H groups in total. The Morgan fingerprint density at radius 2 is 2.09 bits per heavy atom. The Morgan fingerprint density at radius 3 is 2.68 bits per heavy atom. The van der Waals surface area contributed by atoms with Crippen molar-refractivity contribution in [3.05, 3.63) is 57.7 Å². The minimum atomic E-state index is -0.244. The zero-order valence-corrected chi connectivity index (χ0v) is 13.3. The Kier molecular flexibility index (Phi) is 4.64. The largest absolute Gasteiger partial charge is 0.271 e. The van der Waals surface area contributed by atoms with E-state index in [2.05, 4.69) is 10.4 Å². The summed E-state index contributed by atoms with van der Waals surface area (Å²) in [5.41, 5.74) is 5.33. The predicted molar refractivity (Wildman–Crippen MR) is 85.7 cm³/mol. The van der Waals surface area contributed by atoms with Crippen molar-refractivity contribution >= 4 is 23.3 Å². The Labute approximate surface area is 134 Å². The summed E-state index contributed by atoms with van der Waals surface area (Å²) in [6.45, 7) is 3.69. The van der Waals surface area contributed by atoms with Gasteiger partial charge in [0.2, 0.25) is 0 Å². The number of hydrogen-bond acceptors (Lipinski definition) is 4. The molecule has 0 unspecified atom stereocenters. The quantitative estimate of drug-likeness (QED) is 0.698. The normalized spacial score (nSPS) is 9.95. The molecule has 1 heterocycles. The number of rotatable bonds is 3. The highest BCUT2D eigenvalue weighted by molar-refractivity contribution is 6.30. The fraction of sp³-hybridized carbons (Fsp3) is 0.188. The molecule has 1 aromatic heterocycles. The van der Waals surface area contributed by atoms with Gasteiger partial charge in [-0.05, 0) is 37.6 Å². The van der Waals surface area contributed by atoms with Gasteiger partial charge in [-0.15, -0.1) is 0 Å². The van der Waals surface area contributed by atoms with Gasteiger partial charge in [0, 0.05) is 12.6 Å². The van der Waals surface area contributed by atoms with Crippen LogP contribution >= 0.6 is 11.6 Å². The molecule has 22 heavy (non-hydrogen) atoms. The van der Waals surface area contributed by atoms with E-state index in [4.69, 9.17) is 16.9 Å². The first-order valence-electron chi connectivity index (χ1n) is 6.61. The Bertz CT molecular complexity index is 744. The van der Waals surface area contributed by atoms with Gasteiger partial charge in [0.25, 0.3) is 5.91 Å². The summed E-state index contributed by atoms with van der Waals surface area (Å²) >= 11 is 5.98. The van der Waals surface area contributed by atoms with Crippen LogP contribution in [0.25, 0.3) is 0 Å². The van der Waals surface area contributed by atoms with Crippen molar-refractivity contribution in [1.29, 1.82) is 5.26 Å². The van der Waals surface area contributed by atoms with Crippen LogP contribution in [0.15, 0.2) is 30.3 Å². The molecular formula is C16H15ClN4O. The van der Waals surface area contributed by atoms with Crippen LogP contribution in [0.1, 0.15) is 27.0 Å². The van der Waals surface area contributed by atoms with Crippen molar-refractivity contribution in [3.63, 3.8) is 0 Å². The van der Waals surface area contributed by atoms with Gasteiger partial charge in [0.15, 0.2) is 0 Å². The molecule has 0 bridgehead atoms. The van der Waals surface area contributed by atoms with Gasteiger partial charge in [-0.25, -0.2) is 4.98 Å². The first-order chi connectivity index (χ1) is 10.4. The highest BCUT2D eigenvalue weighted by Crippen LogP contribution is 2.21. The van der Waals surface area contributed by atoms with Gasteiger partial charge in [-0.1, -0.05) is 29.3 Å². The number of hydrogen-bond donors (Lipinski definition) is 1. The molecule has 1 aromatic carbocycles. The molecule has 2 rings (SSSR count). The van der Waals surface area contributed by atoms with Gasteiger partial charge in [0.05, 0.1) is 5.56 Å². The molecule has 0 aliphatic heterocycles. The number of anilines is 1. The lowest BCUT2D eigenvalue weighted by Crippen LogP contribution is -2.40. The molecule has 0 saturated heterocycles. The van der Waals surface area contributed by atoms with Crippen molar-refractivity contribution in [3.8, 4) is 6.07 Å². The third-order valence-electron chi connectivity index (χ3n) is 3.16. The number of nitriles is 1. The average Bonchev–Trinajstić information content (AvgIpc) is 2.46. The van der Waals surface area contributed by atoms with Crippen LogP contribution in [0.5, 0.6) is 0 Å². The van der Waals surface area contributed by atoms with E-state index in [1.165, 1.54) is 5.01 Å². The van der Waals surface area contributed by atoms with Crippen LogP contribution in [-0.4, -0.2) is 17.9 Å². The van der Waals surface area contributed by atoms with E-state index in [9.17, 15) is 4.79 Å². The molecule has 6 heteroatoms. The predicted octanol–water partition coefficient (Wildman–Crippen LogP) is 3.00. The lowest BCUT2D eigenvalue weighted by Gasteiger charge is -2.20. The van der Waals surface area contributed by atoms with Crippen LogP contribution in [0.4, 0.5) is 5.82 Å². The highest BCUT2D eigenvalue weighted by Gasteiger charge is 2.13. The monoisotopic (exact) mass is 314 g/mol. The lowest BCUT2D eigenvalue weighted by molar-refractivity contribution is 0.0951. The van der Waals surface area contributed by atoms with Gasteiger partial charge >= 0.3 is 0 Å². The number of benzene rings is 1. The maximum atomic E-state index is 12.2. The molecule has 5 nitrogen and oxygen atoms in total. The van der Waals surface area contributed by atoms with Crippen molar-refractivity contribution in [2.45, 2.75) is 13.8 Å². The Balaban J connectivity index is 2.21. The molecule has 0 fully saturated rings. The summed E-state index contributed by atoms with van der Waals surface area (Å²) in [5.74, 6) is 0.216. The summed E-state index contributed by atoms with van der Waals surface area (Å²) in [4.78, 5) is 16.3. The second-order valence-corrected chi connectivity index (χ2v) is 5.30. The zero-order chi connectivity index (χ0) is 16.3. The second kappa shape index (κ2) is 6.46. The van der Waals surface area contributed by atoms with Gasteiger partial charge in [-0.3, -0.25) is 15.2 Å². The molecule has 0 saturated carbocycles. The number of aromatic nitrogens is 1. The van der Waals surface area contributed by atoms with E-state index in [-0.39, 0.29) is 11.1 Å². The van der Waals surface area contributed by atoms with E-state index in [0.717, 1.165) is 5.56 Å². The lowest BCUT2D eigenvalue weighted by atomic mass is 10.1. The molecule has 0 atom stereocenters. The van der Waals surface area contributed by atoms with Crippen molar-refractivity contribution in [2.24, 2.45) is 0 Å². The number of pyridine rings is 1. The number of carbonyl (C=O) groups excluding carboxylic acids is 1. The van der Waals surface area contributed by atoms with E-state index >= 15 is 0 Å². The number of hydrazine groups is 1. The van der Waals surface area contributed by atoms with Crippen LogP contribution < -0.4 is 10.4 Å². The summed E-state index contributed by atoms with van der Waals surface area (Å²) < 4.78 is 0. The summed E-state index contributed by atoms with van der Waals surface area (Å²) in [5, 5.41) is 10.6. The number of nitrogens with one attached hydrogen (secondary N) is 1. The van der Waals surface area contributed by atoms with Crippen LogP contribution in [0, 0.1) is 25.2 Å². The zero-order valence-electron chi connectivity index (χ0n) is 12.5. The first-order valence-corrected chi connectivity index (χ1v) is 6.99. The fourth-order valence-electron chi connectivity index (χ4n) is 1.98. The Morgan fingerprint density at radius 1 is 1.36 bits per heavy atom. The topological polar surface area (TPSA) is 69.0 Å². The number of aryl methyl sites for hydroxylation is 2. The van der Waals surface area contributed by atoms with Crippen LogP contribution in [-0.2, 0) is 0 Å². The smallest absolute Gasteiger partial charge is 0.269 e. The minimum absolute atomic E-state index is 0.120. The molecular weight excluding hydrogens is 300 g/mol. The fourth-order valence-corrected chi connectivity index (χ4v) is 2.26. The van der Waals surface area contributed by atoms with Gasteiger partial charge in [0.1, 0.15) is 17.0 Å². The molecule has 0 radical (unpaired) electrons. The van der Waals surface area contributed by atoms with Crippen molar-refractivity contribution in [1.82, 2.24) is 10.4 Å². The van der Waals surface area contributed by atoms with E-state index in [1.807, 2.05) is 25.1 Å². The highest BCUT2D eigenvalue weighted by atomic mass is 35.5. The first kappa shape index (κ1) is 15.8. The van der Waals surface area contributed by atoms with Crippen LogP contribution in [0.3, 0.4) is 0 Å². The maximum Gasteiger partial charge on any atom is 0.269 e. The van der Waals surface area contributed by atoms with Crippen molar-refractivity contribution < 1.29 is 4.79 Å². The van der Waals surface area contributed by atoms with Gasteiger partial charge in [-0.2, -0.15) is 5.26 Å². The number of carbonyl (C=O) groups is 1. The van der Waals surface area contributed by atoms with E-state index < -0.39 is 0 Å². The molecule has 1 amide bonds. The summed E-state index contributed by atoms with van der Waals surface area (Å²) in [6.07, 6.45) is 0. The van der Waals surface area contributed by atoms with Crippen LogP contribution in [0.2, 0.25) is 5.15 Å². The molecule has 0 aliphatic carbocycles. The number of halogens is 1. The van der Waals surface area contributed by atoms with E-state index in [0.29, 0.717) is 22.5 Å². The Hall–Kier alpha value is -2.58. The molecule has 0 aliphatic rings. The SMILES string of the molecule is Cc1cccc(C(=O)NN(C)c2cc(C)c(C#N)c(Cl)n2)c1. The van der Waals surface area contributed by atoms with Gasteiger partial charge < -0.3 is 0 Å². The molecule has 0 spiro atoms. The summed E-state index contributed by atoms with van der Waals surface area (Å²) in [6, 6.07) is 11.0. The average molecular weight is 315 g/mol. The maximum absolute atomic E-state index is 12.2. The minimum Gasteiger partial charge on any atom is -0.271 e. The third-order valence-corrected chi connectivity index (χ3v) is 3.44. The summed E-state index contributed by atoms with van der Waals surface area (Å²) in [7, 11) is 1.66. The molecule has 112 valence electrons.